The number of nitrogens with zero attached hydrogens (tertiary/aromatic N) is 1. The van der Waals surface area contributed by atoms with Gasteiger partial charge >= 0.3 is 0 Å². The summed E-state index contributed by atoms with van der Waals surface area (Å²) >= 11 is 0. The third kappa shape index (κ3) is 5.08. The predicted octanol–water partition coefficient (Wildman–Crippen LogP) is 1.72. The molecule has 0 unspecified atom stereocenters. The largest absolute Gasteiger partial charge is 0.394 e. The van der Waals surface area contributed by atoms with Crippen LogP contribution in [0.4, 0.5) is 8.78 Å². The molecule has 1 rings (SSSR count). The molecule has 0 saturated heterocycles. The molecule has 0 fully saturated rings. The van der Waals surface area contributed by atoms with Gasteiger partial charge in [0.25, 0.3) is 5.92 Å². The van der Waals surface area contributed by atoms with E-state index in [0.29, 0.717) is 13.2 Å². The first-order chi connectivity index (χ1) is 8.56. The fourth-order valence-electron chi connectivity index (χ4n) is 1.58. The van der Waals surface area contributed by atoms with Crippen molar-refractivity contribution in [3.8, 4) is 0 Å². The number of hydrogen-bond acceptors (Lipinski definition) is 3. The third-order valence-corrected chi connectivity index (χ3v) is 2.52. The zero-order valence-corrected chi connectivity index (χ0v) is 10.5. The van der Waals surface area contributed by atoms with Crippen molar-refractivity contribution < 1.29 is 18.6 Å². The van der Waals surface area contributed by atoms with E-state index >= 15 is 0 Å². The lowest BCUT2D eigenvalue weighted by molar-refractivity contribution is -0.0374. The van der Waals surface area contributed by atoms with Crippen molar-refractivity contribution >= 4 is 0 Å². The van der Waals surface area contributed by atoms with E-state index in [4.69, 9.17) is 9.84 Å². The van der Waals surface area contributed by atoms with Crippen molar-refractivity contribution in [2.24, 2.45) is 0 Å². The highest BCUT2D eigenvalue weighted by Crippen LogP contribution is 2.28. The lowest BCUT2D eigenvalue weighted by atomic mass is 10.1. The van der Waals surface area contributed by atoms with Gasteiger partial charge in [0, 0.05) is 12.1 Å². The Bertz CT molecular complexity index is 333. The second kappa shape index (κ2) is 7.41. The molecular weight excluding hydrogens is 240 g/mol. The number of ether oxygens (including phenoxy) is 1. The lowest BCUT2D eigenvalue weighted by Crippen LogP contribution is -2.34. The first kappa shape index (κ1) is 15.0. The van der Waals surface area contributed by atoms with Gasteiger partial charge in [0.2, 0.25) is 0 Å². The van der Waals surface area contributed by atoms with E-state index in [9.17, 15) is 8.78 Å². The molecule has 1 aromatic carbocycles. The molecule has 1 N–H and O–H groups in total. The van der Waals surface area contributed by atoms with Gasteiger partial charge in [-0.15, -0.1) is 0 Å². The number of aliphatic hydroxyl groups is 1. The van der Waals surface area contributed by atoms with Gasteiger partial charge in [-0.25, -0.2) is 0 Å². The Morgan fingerprint density at radius 1 is 1.22 bits per heavy atom. The molecule has 1 aromatic rings. The van der Waals surface area contributed by atoms with Crippen molar-refractivity contribution in [2.45, 2.75) is 5.92 Å². The SMILES string of the molecule is CN(CCOCCO)CC(F)(F)c1ccccc1. The molecule has 0 aliphatic rings. The van der Waals surface area contributed by atoms with Gasteiger partial charge in [0.05, 0.1) is 26.4 Å². The van der Waals surface area contributed by atoms with Crippen LogP contribution in [-0.2, 0) is 10.7 Å². The number of hydrogen-bond donors (Lipinski definition) is 1. The van der Waals surface area contributed by atoms with Crippen LogP contribution in [0.15, 0.2) is 30.3 Å². The van der Waals surface area contributed by atoms with Crippen LogP contribution in [0.1, 0.15) is 5.56 Å². The van der Waals surface area contributed by atoms with Crippen molar-refractivity contribution in [3.63, 3.8) is 0 Å². The standard InChI is InChI=1S/C13H19F2NO2/c1-16(7-9-18-10-8-17)11-13(14,15)12-5-3-2-4-6-12/h2-6,17H,7-11H2,1H3. The summed E-state index contributed by atoms with van der Waals surface area (Å²) < 4.78 is 32.8. The first-order valence-electron chi connectivity index (χ1n) is 5.87. The summed E-state index contributed by atoms with van der Waals surface area (Å²) in [4.78, 5) is 1.52. The Labute approximate surface area is 106 Å². The van der Waals surface area contributed by atoms with Crippen LogP contribution in [0.25, 0.3) is 0 Å². The van der Waals surface area contributed by atoms with E-state index in [0.717, 1.165) is 0 Å². The van der Waals surface area contributed by atoms with Gasteiger partial charge in [-0.3, -0.25) is 4.90 Å². The molecule has 0 saturated carbocycles. The Morgan fingerprint density at radius 2 is 1.89 bits per heavy atom. The first-order valence-corrected chi connectivity index (χ1v) is 5.87. The Morgan fingerprint density at radius 3 is 2.50 bits per heavy atom. The molecule has 0 amide bonds. The number of aliphatic hydroxyl groups excluding tert-OH is 1. The fraction of sp³-hybridized carbons (Fsp3) is 0.538. The maximum Gasteiger partial charge on any atom is 0.285 e. The van der Waals surface area contributed by atoms with E-state index in [2.05, 4.69) is 0 Å². The Balaban J connectivity index is 2.40. The van der Waals surface area contributed by atoms with Crippen LogP contribution in [0.5, 0.6) is 0 Å². The summed E-state index contributed by atoms with van der Waals surface area (Å²) in [7, 11) is 1.62. The van der Waals surface area contributed by atoms with E-state index in [-0.39, 0.29) is 25.3 Å². The molecule has 0 aliphatic heterocycles. The molecule has 0 bridgehead atoms. The zero-order chi connectivity index (χ0) is 13.4. The van der Waals surface area contributed by atoms with E-state index in [1.165, 1.54) is 17.0 Å². The Hall–Kier alpha value is -1.04. The maximum atomic E-state index is 13.9. The minimum absolute atomic E-state index is 0.0214. The van der Waals surface area contributed by atoms with Crippen LogP contribution in [0, 0.1) is 0 Å². The second-order valence-corrected chi connectivity index (χ2v) is 4.14. The number of rotatable bonds is 8. The summed E-state index contributed by atoms with van der Waals surface area (Å²) in [5.74, 6) is -2.87. The van der Waals surface area contributed by atoms with Gasteiger partial charge in [0.1, 0.15) is 0 Å². The number of halogens is 2. The van der Waals surface area contributed by atoms with Crippen LogP contribution in [0.2, 0.25) is 0 Å². The highest BCUT2D eigenvalue weighted by atomic mass is 19.3. The summed E-state index contributed by atoms with van der Waals surface area (Å²) in [5, 5.41) is 8.51. The van der Waals surface area contributed by atoms with E-state index in [1.807, 2.05) is 0 Å². The zero-order valence-electron chi connectivity index (χ0n) is 10.5. The average Bonchev–Trinajstić information content (AvgIpc) is 2.35. The molecule has 0 radical (unpaired) electrons. The topological polar surface area (TPSA) is 32.7 Å². The lowest BCUT2D eigenvalue weighted by Gasteiger charge is -2.24. The molecule has 3 nitrogen and oxygen atoms in total. The quantitative estimate of drug-likeness (QED) is 0.722. The third-order valence-electron chi connectivity index (χ3n) is 2.52. The highest BCUT2D eigenvalue weighted by molar-refractivity contribution is 5.20. The van der Waals surface area contributed by atoms with Crippen molar-refractivity contribution in [1.29, 1.82) is 0 Å². The summed E-state index contributed by atoms with van der Waals surface area (Å²) in [6.45, 7) is 0.580. The van der Waals surface area contributed by atoms with Crippen molar-refractivity contribution in [1.82, 2.24) is 4.90 Å². The maximum absolute atomic E-state index is 13.9. The molecule has 0 spiro atoms. The van der Waals surface area contributed by atoms with Crippen LogP contribution >= 0.6 is 0 Å². The van der Waals surface area contributed by atoms with E-state index < -0.39 is 5.92 Å². The molecule has 0 aromatic heterocycles. The summed E-state index contributed by atoms with van der Waals surface area (Å²) in [5.41, 5.74) is 0.0214. The Kier molecular flexibility index (Phi) is 6.18. The van der Waals surface area contributed by atoms with Crippen LogP contribution in [0.3, 0.4) is 0 Å². The average molecular weight is 259 g/mol. The number of benzene rings is 1. The summed E-state index contributed by atoms with van der Waals surface area (Å²) in [6, 6.07) is 7.78. The molecule has 5 heteroatoms. The molecule has 18 heavy (non-hydrogen) atoms. The molecule has 102 valence electrons. The fourth-order valence-corrected chi connectivity index (χ4v) is 1.58. The van der Waals surface area contributed by atoms with Crippen LogP contribution < -0.4 is 0 Å². The molecule has 0 aliphatic carbocycles. The molecule has 0 heterocycles. The number of alkyl halides is 2. The monoisotopic (exact) mass is 259 g/mol. The second-order valence-electron chi connectivity index (χ2n) is 4.14. The van der Waals surface area contributed by atoms with Crippen molar-refractivity contribution in [2.75, 3.05) is 40.0 Å². The summed E-state index contributed by atoms with van der Waals surface area (Å²) in [6.07, 6.45) is 0. The molecular formula is C13H19F2NO2. The highest BCUT2D eigenvalue weighted by Gasteiger charge is 2.32. The van der Waals surface area contributed by atoms with Crippen molar-refractivity contribution in [3.05, 3.63) is 35.9 Å². The minimum atomic E-state index is -2.87. The van der Waals surface area contributed by atoms with E-state index in [1.54, 1.807) is 25.2 Å². The van der Waals surface area contributed by atoms with Gasteiger partial charge in [0.15, 0.2) is 0 Å². The minimum Gasteiger partial charge on any atom is -0.394 e. The number of likely N-dealkylation sites (N-methyl/N-ethyl adjacent to an activating group) is 1. The molecule has 0 atom stereocenters. The predicted molar refractivity (Wildman–Crippen MR) is 65.7 cm³/mol. The van der Waals surface area contributed by atoms with Gasteiger partial charge in [-0.2, -0.15) is 8.78 Å². The van der Waals surface area contributed by atoms with Gasteiger partial charge < -0.3 is 9.84 Å². The van der Waals surface area contributed by atoms with Gasteiger partial charge in [-0.05, 0) is 7.05 Å². The van der Waals surface area contributed by atoms with Crippen LogP contribution in [-0.4, -0.2) is 50.0 Å². The van der Waals surface area contributed by atoms with Gasteiger partial charge in [-0.1, -0.05) is 30.3 Å². The smallest absolute Gasteiger partial charge is 0.285 e. The normalized spacial score (nSPS) is 12.1.